The van der Waals surface area contributed by atoms with Crippen molar-refractivity contribution in [2.75, 3.05) is 0 Å². The number of pyridine rings is 2. The molecule has 0 saturated carbocycles. The van der Waals surface area contributed by atoms with Crippen molar-refractivity contribution < 1.29 is 0 Å². The van der Waals surface area contributed by atoms with Gasteiger partial charge in [-0.25, -0.2) is 0 Å². The smallest absolute Gasteiger partial charge is 0.243 e. The van der Waals surface area contributed by atoms with E-state index in [0.29, 0.717) is 0 Å². The molecule has 7 rings (SSSR count). The van der Waals surface area contributed by atoms with Crippen LogP contribution in [0.1, 0.15) is 55.6 Å². The summed E-state index contributed by atoms with van der Waals surface area (Å²) in [6.07, 6.45) is 10.6. The third kappa shape index (κ3) is 5.06. The van der Waals surface area contributed by atoms with Gasteiger partial charge in [0.15, 0.2) is 0 Å². The molecule has 4 aromatic carbocycles. The summed E-state index contributed by atoms with van der Waals surface area (Å²) in [6.45, 7) is 20.1. The quantitative estimate of drug-likeness (QED) is 0.183. The van der Waals surface area contributed by atoms with Gasteiger partial charge in [-0.3, -0.25) is 9.97 Å². The number of aromatic nitrogens is 2. The van der Waals surface area contributed by atoms with E-state index < -0.39 is 0 Å². The Labute approximate surface area is 280 Å². The van der Waals surface area contributed by atoms with Crippen LogP contribution >= 0.6 is 0 Å². The topological polar surface area (TPSA) is 25.8 Å². The van der Waals surface area contributed by atoms with Gasteiger partial charge in [-0.2, -0.15) is 0 Å². The monoisotopic (exact) mass is 608 g/mol. The summed E-state index contributed by atoms with van der Waals surface area (Å²) in [5.41, 5.74) is 25.1. The maximum Gasteiger partial charge on any atom is 0.243 e. The third-order valence-corrected chi connectivity index (χ3v) is 10.4. The second kappa shape index (κ2) is 12.0. The van der Waals surface area contributed by atoms with Gasteiger partial charge in [0, 0.05) is 35.9 Å². The molecule has 3 heteroatoms. The van der Waals surface area contributed by atoms with Crippen LogP contribution in [0.4, 0.5) is 0 Å². The zero-order chi connectivity index (χ0) is 33.0. The Morgan fingerprint density at radius 3 is 1.66 bits per heavy atom. The van der Waals surface area contributed by atoms with Crippen LogP contribution in [0.2, 0.25) is 0 Å². The molecule has 1 aliphatic rings. The fraction of sp³-hybridized carbons (Fsp3) is 0.182. The summed E-state index contributed by atoms with van der Waals surface area (Å²) >= 11 is 0. The zero-order valence-corrected chi connectivity index (χ0v) is 28.6. The van der Waals surface area contributed by atoms with Gasteiger partial charge in [0.25, 0.3) is 0 Å². The molecule has 0 amide bonds. The molecule has 1 aliphatic heterocycles. The largest absolute Gasteiger partial charge is 0.264 e. The van der Waals surface area contributed by atoms with E-state index in [9.17, 15) is 0 Å². The number of rotatable bonds is 5. The van der Waals surface area contributed by atoms with Gasteiger partial charge in [-0.1, -0.05) is 94.8 Å². The zero-order valence-electron chi connectivity index (χ0n) is 28.6. The Hall–Kier alpha value is -5.02. The van der Waals surface area contributed by atoms with Crippen molar-refractivity contribution in [2.45, 2.75) is 54.9 Å². The summed E-state index contributed by atoms with van der Waals surface area (Å²) in [5, 5.41) is 0. The van der Waals surface area contributed by atoms with Gasteiger partial charge in [0.05, 0.1) is 0 Å². The van der Waals surface area contributed by atoms with Crippen molar-refractivity contribution in [3.8, 4) is 33.4 Å². The van der Waals surface area contributed by atoms with Gasteiger partial charge < -0.3 is 0 Å². The molecule has 2 nitrogen and oxygen atoms in total. The molecular formula is C44H41BN2. The van der Waals surface area contributed by atoms with Gasteiger partial charge in [0.2, 0.25) is 6.71 Å². The molecule has 230 valence electrons. The Morgan fingerprint density at radius 2 is 1.11 bits per heavy atom. The van der Waals surface area contributed by atoms with Crippen LogP contribution in [-0.4, -0.2) is 16.7 Å². The maximum atomic E-state index is 4.52. The first kappa shape index (κ1) is 30.6. The van der Waals surface area contributed by atoms with Crippen LogP contribution in [0.25, 0.3) is 39.5 Å². The molecule has 0 N–H and O–H groups in total. The summed E-state index contributed by atoms with van der Waals surface area (Å²) < 4.78 is 0. The van der Waals surface area contributed by atoms with E-state index in [1.54, 1.807) is 0 Å². The molecule has 2 aromatic heterocycles. The number of benzene rings is 4. The fourth-order valence-electron chi connectivity index (χ4n) is 8.67. The van der Waals surface area contributed by atoms with E-state index in [1.165, 1.54) is 99.8 Å². The second-order valence-electron chi connectivity index (χ2n) is 13.4. The van der Waals surface area contributed by atoms with E-state index in [4.69, 9.17) is 0 Å². The minimum Gasteiger partial charge on any atom is -0.264 e. The highest BCUT2D eigenvalue weighted by atomic mass is 14.6. The van der Waals surface area contributed by atoms with Crippen molar-refractivity contribution in [3.05, 3.63) is 154 Å². The van der Waals surface area contributed by atoms with Crippen molar-refractivity contribution >= 4 is 29.2 Å². The Balaban J connectivity index is 1.60. The molecule has 3 heterocycles. The van der Waals surface area contributed by atoms with Crippen LogP contribution in [0.3, 0.4) is 0 Å². The fourth-order valence-corrected chi connectivity index (χ4v) is 8.67. The predicted molar refractivity (Wildman–Crippen MR) is 202 cm³/mol. The molecule has 6 aromatic rings. The van der Waals surface area contributed by atoms with Crippen LogP contribution in [0.15, 0.2) is 98.1 Å². The van der Waals surface area contributed by atoms with Crippen molar-refractivity contribution in [1.29, 1.82) is 0 Å². The standard InChI is InChI=1S/C44H41BN2/c1-9-33-14-16-34(17-15-33)41-27(3)21-30(6)43-38(41)23-37-22-28(4)40(36-13-11-19-47-25-36)32(8)44(37)45(43)42-29(5)20-26(2)39(31(42)7)35-12-10-18-46-24-35/h9-22,24-25H,1,23H2,2-8H3. The minimum absolute atomic E-state index is 0.0765. The SMILES string of the molecule is C=Cc1ccc(-c2c(C)cc(C)c3c2Cc2cc(C)c(-c4cccnc4)c(C)c2B3c2c(C)cc(C)c(-c3cccnc3)c2C)cc1. The number of hydrogen-bond donors (Lipinski definition) is 0. The lowest BCUT2D eigenvalue weighted by Gasteiger charge is -2.35. The molecule has 0 aliphatic carbocycles. The average Bonchev–Trinajstić information content (AvgIpc) is 3.05. The molecule has 0 atom stereocenters. The van der Waals surface area contributed by atoms with E-state index >= 15 is 0 Å². The lowest BCUT2D eigenvalue weighted by molar-refractivity contribution is 1.17. The Bertz CT molecular complexity index is 2120. The molecule has 0 radical (unpaired) electrons. The Morgan fingerprint density at radius 1 is 0.574 bits per heavy atom. The van der Waals surface area contributed by atoms with E-state index in [1.807, 2.05) is 43.0 Å². The molecule has 0 spiro atoms. The third-order valence-electron chi connectivity index (χ3n) is 10.4. The number of nitrogens with zero attached hydrogens (tertiary/aromatic N) is 2. The number of hydrogen-bond acceptors (Lipinski definition) is 2. The Kier molecular flexibility index (Phi) is 7.80. The number of fused-ring (bicyclic) bond motifs is 2. The summed E-state index contributed by atoms with van der Waals surface area (Å²) in [4.78, 5) is 9.04. The number of aryl methyl sites for hydroxylation is 5. The van der Waals surface area contributed by atoms with E-state index in [0.717, 1.165) is 12.0 Å². The molecule has 0 fully saturated rings. The van der Waals surface area contributed by atoms with Gasteiger partial charge in [-0.05, 0) is 134 Å². The highest BCUT2D eigenvalue weighted by Crippen LogP contribution is 2.36. The molecule has 47 heavy (non-hydrogen) atoms. The summed E-state index contributed by atoms with van der Waals surface area (Å²) in [7, 11) is 0. The summed E-state index contributed by atoms with van der Waals surface area (Å²) in [6, 6.07) is 24.7. The molecule has 0 saturated heterocycles. The highest BCUT2D eigenvalue weighted by Gasteiger charge is 2.38. The molecular weight excluding hydrogens is 567 g/mol. The normalized spacial score (nSPS) is 12.1. The lowest BCUT2D eigenvalue weighted by atomic mass is 9.30. The van der Waals surface area contributed by atoms with Crippen LogP contribution in [0.5, 0.6) is 0 Å². The van der Waals surface area contributed by atoms with Crippen molar-refractivity contribution in [1.82, 2.24) is 9.97 Å². The first-order chi connectivity index (χ1) is 22.7. The molecule has 0 bridgehead atoms. The summed E-state index contributed by atoms with van der Waals surface area (Å²) in [5.74, 6) is 0. The molecule has 0 unspecified atom stereocenters. The van der Waals surface area contributed by atoms with E-state index in [2.05, 4.69) is 120 Å². The van der Waals surface area contributed by atoms with Crippen LogP contribution in [0, 0.1) is 48.5 Å². The first-order valence-corrected chi connectivity index (χ1v) is 16.6. The first-order valence-electron chi connectivity index (χ1n) is 16.6. The van der Waals surface area contributed by atoms with Crippen molar-refractivity contribution in [3.63, 3.8) is 0 Å². The predicted octanol–water partition coefficient (Wildman–Crippen LogP) is 8.70. The van der Waals surface area contributed by atoms with Gasteiger partial charge >= 0.3 is 0 Å². The van der Waals surface area contributed by atoms with Crippen LogP contribution < -0.4 is 16.4 Å². The van der Waals surface area contributed by atoms with Gasteiger partial charge in [-0.15, -0.1) is 0 Å². The minimum atomic E-state index is 0.0765. The maximum absolute atomic E-state index is 4.52. The van der Waals surface area contributed by atoms with Crippen molar-refractivity contribution in [2.24, 2.45) is 0 Å². The highest BCUT2D eigenvalue weighted by molar-refractivity contribution is 6.97. The average molecular weight is 609 g/mol. The van der Waals surface area contributed by atoms with Gasteiger partial charge in [0.1, 0.15) is 0 Å². The second-order valence-corrected chi connectivity index (χ2v) is 13.4. The lowest BCUT2D eigenvalue weighted by Crippen LogP contribution is -2.60. The van der Waals surface area contributed by atoms with Crippen LogP contribution in [-0.2, 0) is 6.42 Å². The van der Waals surface area contributed by atoms with E-state index in [-0.39, 0.29) is 6.71 Å².